The van der Waals surface area contributed by atoms with E-state index in [1.165, 1.54) is 29.0 Å². The first-order chi connectivity index (χ1) is 31.9. The Kier molecular flexibility index (Phi) is 14.7. The number of nitrogens with zero attached hydrogens (tertiary/aromatic N) is 5. The monoisotopic (exact) mass is 924 g/mol. The van der Waals surface area contributed by atoms with Crippen LogP contribution in [0.2, 0.25) is 0 Å². The number of benzene rings is 2. The third-order valence-electron chi connectivity index (χ3n) is 13.3. The van der Waals surface area contributed by atoms with Gasteiger partial charge in [-0.15, -0.1) is 0 Å². The molecule has 0 saturated carbocycles. The van der Waals surface area contributed by atoms with Crippen LogP contribution in [0.25, 0.3) is 33.3 Å². The third kappa shape index (κ3) is 10.0. The molecule has 0 spiro atoms. The Morgan fingerprint density at radius 3 is 2.54 bits per heavy atom. The molecule has 4 aromatic rings. The zero-order valence-corrected chi connectivity index (χ0v) is 39.7. The zero-order valence-electron chi connectivity index (χ0n) is 39.7. The number of methoxy groups -OCH3 is 1. The first-order valence-corrected chi connectivity index (χ1v) is 23.1. The van der Waals surface area contributed by atoms with Gasteiger partial charge in [0, 0.05) is 74.8 Å². The quantitative estimate of drug-likeness (QED) is 0.131. The summed E-state index contributed by atoms with van der Waals surface area (Å²) in [5.41, 5.74) is 4.42. The molecule has 2 aromatic heterocycles. The van der Waals surface area contributed by atoms with Gasteiger partial charge in [0.2, 0.25) is 17.7 Å². The second-order valence-electron chi connectivity index (χ2n) is 19.1. The zero-order chi connectivity index (χ0) is 48.5. The van der Waals surface area contributed by atoms with E-state index >= 15 is 8.78 Å². The molecule has 1 N–H and O–H groups in total. The van der Waals surface area contributed by atoms with Gasteiger partial charge in [0.15, 0.2) is 17.7 Å². The molecule has 7 rings (SSSR count). The highest BCUT2D eigenvalue weighted by Gasteiger charge is 2.41. The lowest BCUT2D eigenvalue weighted by Gasteiger charge is -2.36. The number of likely N-dealkylation sites (N-methyl/N-ethyl adjacent to an activating group) is 1. The number of likely N-dealkylation sites (tertiary alicyclic amines) is 1. The topological polar surface area (TPSA) is 153 Å². The summed E-state index contributed by atoms with van der Waals surface area (Å²) in [5.74, 6) is -6.20. The molecule has 16 heteroatoms. The number of hydroxylamine groups is 2. The lowest BCUT2D eigenvalue weighted by atomic mass is 9.84. The van der Waals surface area contributed by atoms with Gasteiger partial charge in [-0.2, -0.15) is 0 Å². The smallest absolute Gasteiger partial charge is 0.338 e. The SMILES string of the molecule is C=CC(=O)N1CC[C@H](C(=O)N(C)[C@H](C(=O)N[C@H]2Cc3cc(cc(F)c3F)-c3ccc4c(c3)c(c(-c3cccnc3[C@H](C)OC)n4CC)CC(C)(C)COC(=O)[C@@H]3CCCN(O3)C2=O)C(C)C)C1. The first-order valence-electron chi connectivity index (χ1n) is 23.1. The average Bonchev–Trinajstić information content (AvgIpc) is 3.93. The number of pyridine rings is 1. The van der Waals surface area contributed by atoms with E-state index in [1.54, 1.807) is 27.2 Å². The number of aryl methyl sites for hydroxylation is 1. The standard InChI is InChI=1S/C51H62F2N6O8/c1-10-42(60)57-21-18-32(27-57)48(62)56(8)45(29(3)4)47(61)55-39-25-34-22-33(24-38(52)43(34)53)31-16-17-40-36(23-31)37(46(58(40)11-2)35-14-12-19-54-44(35)30(5)65-9)26-51(6,7)28-66-50(64)41-15-13-20-59(67-41)49(39)63/h10,12,14,16-17,19,22-24,29-30,32,39,41,45H,1,11,13,15,18,20-21,25-28H2,2-9H3,(H,55,61)/t30-,32-,39-,41-,45-/m0/s1. The predicted molar refractivity (Wildman–Crippen MR) is 248 cm³/mol. The molecule has 3 aliphatic heterocycles. The molecule has 4 amide bonds. The van der Waals surface area contributed by atoms with Crippen LogP contribution in [0.5, 0.6) is 0 Å². The molecule has 2 saturated heterocycles. The number of aromatic nitrogens is 2. The molecule has 5 heterocycles. The second kappa shape index (κ2) is 20.1. The van der Waals surface area contributed by atoms with E-state index in [2.05, 4.69) is 16.5 Å². The van der Waals surface area contributed by atoms with Crippen molar-refractivity contribution >= 4 is 40.5 Å². The molecular weight excluding hydrogens is 863 g/mol. The van der Waals surface area contributed by atoms with Crippen molar-refractivity contribution in [3.63, 3.8) is 0 Å². The lowest BCUT2D eigenvalue weighted by molar-refractivity contribution is -0.231. The minimum Gasteiger partial charge on any atom is -0.463 e. The van der Waals surface area contributed by atoms with Crippen molar-refractivity contribution in [3.05, 3.63) is 89.8 Å². The number of fused-ring (bicyclic) bond motifs is 6. The summed E-state index contributed by atoms with van der Waals surface area (Å²) >= 11 is 0. The van der Waals surface area contributed by atoms with Gasteiger partial charge in [0.25, 0.3) is 5.91 Å². The molecule has 3 aliphatic rings. The third-order valence-corrected chi connectivity index (χ3v) is 13.3. The fourth-order valence-corrected chi connectivity index (χ4v) is 9.82. The van der Waals surface area contributed by atoms with E-state index in [-0.39, 0.29) is 49.6 Å². The fraction of sp³-hybridized carbons (Fsp3) is 0.490. The van der Waals surface area contributed by atoms with Crippen molar-refractivity contribution in [1.82, 2.24) is 29.7 Å². The number of amides is 4. The first kappa shape index (κ1) is 48.9. The Morgan fingerprint density at radius 2 is 1.84 bits per heavy atom. The van der Waals surface area contributed by atoms with Crippen LogP contribution in [-0.2, 0) is 57.7 Å². The Hall–Kier alpha value is -6.00. The van der Waals surface area contributed by atoms with E-state index in [4.69, 9.17) is 19.3 Å². The average molecular weight is 925 g/mol. The summed E-state index contributed by atoms with van der Waals surface area (Å²) < 4.78 is 46.2. The van der Waals surface area contributed by atoms with Crippen LogP contribution in [0.4, 0.5) is 8.78 Å². The molecule has 0 aliphatic carbocycles. The minimum absolute atomic E-state index is 0.00341. The number of rotatable bonds is 10. The van der Waals surface area contributed by atoms with Crippen LogP contribution in [0.1, 0.15) is 83.7 Å². The van der Waals surface area contributed by atoms with Crippen LogP contribution in [0.3, 0.4) is 0 Å². The number of hydrogen-bond donors (Lipinski definition) is 1. The van der Waals surface area contributed by atoms with Crippen molar-refractivity contribution in [1.29, 1.82) is 0 Å². The Balaban J connectivity index is 1.33. The van der Waals surface area contributed by atoms with Gasteiger partial charge >= 0.3 is 5.97 Å². The van der Waals surface area contributed by atoms with Crippen molar-refractivity contribution in [3.8, 4) is 22.4 Å². The van der Waals surface area contributed by atoms with Crippen LogP contribution < -0.4 is 5.32 Å². The number of hydrogen-bond acceptors (Lipinski definition) is 9. The normalized spacial score (nSPS) is 20.9. The van der Waals surface area contributed by atoms with Gasteiger partial charge < -0.3 is 29.2 Å². The van der Waals surface area contributed by atoms with E-state index < -0.39 is 71.3 Å². The molecular formula is C51H62F2N6O8. The van der Waals surface area contributed by atoms with Gasteiger partial charge in [-0.1, -0.05) is 40.3 Å². The number of ether oxygens (including phenoxy) is 2. The number of halogens is 2. The maximum atomic E-state index is 16.2. The number of cyclic esters (lactones) is 1. The van der Waals surface area contributed by atoms with E-state index in [0.717, 1.165) is 44.5 Å². The summed E-state index contributed by atoms with van der Waals surface area (Å²) in [7, 11) is 3.13. The highest BCUT2D eigenvalue weighted by atomic mass is 19.2. The van der Waals surface area contributed by atoms with Gasteiger partial charge in [-0.3, -0.25) is 29.0 Å². The van der Waals surface area contributed by atoms with Crippen LogP contribution in [0.15, 0.2) is 61.3 Å². The van der Waals surface area contributed by atoms with Gasteiger partial charge in [0.05, 0.1) is 30.0 Å². The Bertz CT molecular complexity index is 2570. The van der Waals surface area contributed by atoms with E-state index in [1.807, 2.05) is 58.0 Å². The molecule has 0 unspecified atom stereocenters. The minimum atomic E-state index is -1.53. The highest BCUT2D eigenvalue weighted by molar-refractivity contribution is 5.96. The van der Waals surface area contributed by atoms with Crippen molar-refractivity contribution < 1.29 is 47.1 Å². The highest BCUT2D eigenvalue weighted by Crippen LogP contribution is 2.42. The molecule has 0 radical (unpaired) electrons. The van der Waals surface area contributed by atoms with Crippen LogP contribution in [0, 0.1) is 28.9 Å². The molecule has 358 valence electrons. The Labute approximate surface area is 390 Å². The number of carbonyl (C=O) groups is 5. The number of esters is 1. The van der Waals surface area contributed by atoms with Crippen molar-refractivity contribution in [2.45, 2.75) is 104 Å². The molecule has 14 nitrogen and oxygen atoms in total. The van der Waals surface area contributed by atoms with Crippen LogP contribution in [-0.4, -0.2) is 113 Å². The van der Waals surface area contributed by atoms with Gasteiger partial charge in [-0.05, 0) is 110 Å². The van der Waals surface area contributed by atoms with E-state index in [0.29, 0.717) is 43.5 Å². The van der Waals surface area contributed by atoms with Crippen LogP contribution >= 0.6 is 0 Å². The molecule has 2 aromatic carbocycles. The fourth-order valence-electron chi connectivity index (χ4n) is 9.82. The maximum absolute atomic E-state index is 16.2. The van der Waals surface area contributed by atoms with E-state index in [9.17, 15) is 24.0 Å². The largest absolute Gasteiger partial charge is 0.463 e. The van der Waals surface area contributed by atoms with Gasteiger partial charge in [-0.25, -0.2) is 18.6 Å². The maximum Gasteiger partial charge on any atom is 0.338 e. The predicted octanol–water partition coefficient (Wildman–Crippen LogP) is 6.97. The Morgan fingerprint density at radius 1 is 1.07 bits per heavy atom. The summed E-state index contributed by atoms with van der Waals surface area (Å²) in [6, 6.07) is 9.60. The number of carbonyl (C=O) groups excluding carboxylic acids is 5. The van der Waals surface area contributed by atoms with Crippen molar-refractivity contribution in [2.24, 2.45) is 17.3 Å². The van der Waals surface area contributed by atoms with Crippen molar-refractivity contribution in [2.75, 3.05) is 40.4 Å². The summed E-state index contributed by atoms with van der Waals surface area (Å²) in [6.07, 6.45) is 2.33. The molecule has 2 fully saturated rings. The number of nitrogens with one attached hydrogen (secondary N) is 1. The molecule has 6 bridgehead atoms. The summed E-state index contributed by atoms with van der Waals surface area (Å²) in [4.78, 5) is 82.7. The summed E-state index contributed by atoms with van der Waals surface area (Å²) in [5, 5.41) is 4.62. The molecule has 67 heavy (non-hydrogen) atoms. The van der Waals surface area contributed by atoms with Gasteiger partial charge in [0.1, 0.15) is 12.1 Å². The molecule has 5 atom stereocenters. The lowest BCUT2D eigenvalue weighted by Crippen LogP contribution is -2.58. The summed E-state index contributed by atoms with van der Waals surface area (Å²) in [6.45, 7) is 16.2. The second-order valence-corrected chi connectivity index (χ2v) is 19.1.